The fourth-order valence-electron chi connectivity index (χ4n) is 2.02. The molecule has 0 aliphatic heterocycles. The number of hydrogen-bond donors (Lipinski definition) is 1. The van der Waals surface area contributed by atoms with Crippen LogP contribution in [0.15, 0.2) is 24.4 Å². The average Bonchev–Trinajstić information content (AvgIpc) is 2.90. The van der Waals surface area contributed by atoms with E-state index in [2.05, 4.69) is 10.4 Å². The molecule has 0 saturated carbocycles. The van der Waals surface area contributed by atoms with E-state index in [0.717, 1.165) is 21.9 Å². The fraction of sp³-hybridized carbons (Fsp3) is 0.375. The molecule has 0 atom stereocenters. The monoisotopic (exact) mass is 321 g/mol. The lowest BCUT2D eigenvalue weighted by atomic mass is 10.1. The van der Waals surface area contributed by atoms with Gasteiger partial charge in [0.15, 0.2) is 6.73 Å². The zero-order valence-electron chi connectivity index (χ0n) is 13.2. The van der Waals surface area contributed by atoms with E-state index in [1.54, 1.807) is 16.9 Å². The van der Waals surface area contributed by atoms with Crippen LogP contribution in [0.3, 0.4) is 0 Å². The molecule has 0 spiro atoms. The summed E-state index contributed by atoms with van der Waals surface area (Å²) in [5.41, 5.74) is 2.31. The number of benzene rings is 1. The van der Waals surface area contributed by atoms with Crippen molar-refractivity contribution >= 4 is 17.5 Å². The van der Waals surface area contributed by atoms with Gasteiger partial charge in [0, 0.05) is 17.3 Å². The van der Waals surface area contributed by atoms with Gasteiger partial charge >= 0.3 is 0 Å². The highest BCUT2D eigenvalue weighted by Crippen LogP contribution is 2.25. The molecule has 0 aliphatic carbocycles. The van der Waals surface area contributed by atoms with Gasteiger partial charge in [-0.1, -0.05) is 11.6 Å². The number of carbonyl (C=O) groups excluding carboxylic acids is 1. The molecule has 118 valence electrons. The van der Waals surface area contributed by atoms with Crippen LogP contribution in [0.5, 0.6) is 5.75 Å². The Hall–Kier alpha value is -2.01. The first-order valence-electron chi connectivity index (χ1n) is 7.10. The van der Waals surface area contributed by atoms with Gasteiger partial charge in [0.05, 0.1) is 0 Å². The quantitative estimate of drug-likeness (QED) is 0.919. The second-order valence-corrected chi connectivity index (χ2v) is 5.89. The van der Waals surface area contributed by atoms with Crippen molar-refractivity contribution in [3.63, 3.8) is 0 Å². The van der Waals surface area contributed by atoms with Crippen LogP contribution in [0.25, 0.3) is 0 Å². The van der Waals surface area contributed by atoms with Gasteiger partial charge < -0.3 is 10.1 Å². The predicted molar refractivity (Wildman–Crippen MR) is 86.4 cm³/mol. The summed E-state index contributed by atoms with van der Waals surface area (Å²) in [5.74, 6) is 0.537. The summed E-state index contributed by atoms with van der Waals surface area (Å²) in [5, 5.41) is 7.74. The van der Waals surface area contributed by atoms with Crippen molar-refractivity contribution < 1.29 is 9.53 Å². The standard InChI is InChI=1S/C16H20ClN3O2/c1-10(2)18-16(21)14-5-6-20(19-14)9-22-13-7-11(3)15(17)12(4)8-13/h5-8,10H,9H2,1-4H3,(H,18,21). The molecule has 2 aromatic rings. The molecule has 1 N–H and O–H groups in total. The van der Waals surface area contributed by atoms with Gasteiger partial charge in [0.1, 0.15) is 11.4 Å². The molecule has 22 heavy (non-hydrogen) atoms. The van der Waals surface area contributed by atoms with Crippen molar-refractivity contribution in [1.82, 2.24) is 15.1 Å². The van der Waals surface area contributed by atoms with Gasteiger partial charge in [-0.3, -0.25) is 4.79 Å². The first-order chi connectivity index (χ1) is 10.4. The first-order valence-corrected chi connectivity index (χ1v) is 7.48. The van der Waals surface area contributed by atoms with Gasteiger partial charge in [0.25, 0.3) is 5.91 Å². The summed E-state index contributed by atoms with van der Waals surface area (Å²) in [6.45, 7) is 7.91. The van der Waals surface area contributed by atoms with Crippen LogP contribution in [0.4, 0.5) is 0 Å². The minimum absolute atomic E-state index is 0.0777. The molecule has 0 radical (unpaired) electrons. The highest BCUT2D eigenvalue weighted by atomic mass is 35.5. The fourth-order valence-corrected chi connectivity index (χ4v) is 2.13. The van der Waals surface area contributed by atoms with Crippen LogP contribution in [0, 0.1) is 13.8 Å². The van der Waals surface area contributed by atoms with E-state index in [0.29, 0.717) is 5.69 Å². The van der Waals surface area contributed by atoms with Crippen LogP contribution >= 0.6 is 11.6 Å². The van der Waals surface area contributed by atoms with Gasteiger partial charge in [-0.2, -0.15) is 5.10 Å². The van der Waals surface area contributed by atoms with Crippen molar-refractivity contribution in [2.24, 2.45) is 0 Å². The number of amides is 1. The summed E-state index contributed by atoms with van der Waals surface area (Å²) < 4.78 is 7.27. The number of nitrogens with one attached hydrogen (secondary N) is 1. The Bertz CT molecular complexity index is 657. The molecular formula is C16H20ClN3O2. The molecule has 5 nitrogen and oxygen atoms in total. The molecular weight excluding hydrogens is 302 g/mol. The third kappa shape index (κ3) is 4.01. The Morgan fingerprint density at radius 2 is 2.00 bits per heavy atom. The number of aromatic nitrogens is 2. The van der Waals surface area contributed by atoms with Crippen molar-refractivity contribution in [1.29, 1.82) is 0 Å². The molecule has 0 aliphatic rings. The van der Waals surface area contributed by atoms with Crippen molar-refractivity contribution in [2.45, 2.75) is 40.5 Å². The Labute approximate surface area is 135 Å². The zero-order valence-corrected chi connectivity index (χ0v) is 13.9. The minimum Gasteiger partial charge on any atom is -0.471 e. The number of hydrogen-bond acceptors (Lipinski definition) is 3. The molecule has 0 unspecified atom stereocenters. The van der Waals surface area contributed by atoms with Crippen LogP contribution in [-0.2, 0) is 6.73 Å². The topological polar surface area (TPSA) is 56.1 Å². The Balaban J connectivity index is 2.01. The maximum atomic E-state index is 11.8. The number of halogens is 1. The summed E-state index contributed by atoms with van der Waals surface area (Å²) in [6, 6.07) is 5.50. The molecule has 1 aromatic carbocycles. The lowest BCUT2D eigenvalue weighted by Gasteiger charge is -2.10. The van der Waals surface area contributed by atoms with E-state index in [9.17, 15) is 4.79 Å². The molecule has 0 bridgehead atoms. The lowest BCUT2D eigenvalue weighted by molar-refractivity contribution is 0.0936. The van der Waals surface area contributed by atoms with E-state index in [1.165, 1.54) is 0 Å². The van der Waals surface area contributed by atoms with E-state index in [4.69, 9.17) is 16.3 Å². The lowest BCUT2D eigenvalue weighted by Crippen LogP contribution is -2.30. The largest absolute Gasteiger partial charge is 0.471 e. The normalized spacial score (nSPS) is 10.8. The highest BCUT2D eigenvalue weighted by Gasteiger charge is 2.10. The summed E-state index contributed by atoms with van der Waals surface area (Å²) in [4.78, 5) is 11.8. The summed E-state index contributed by atoms with van der Waals surface area (Å²) in [6.07, 6.45) is 1.71. The predicted octanol–water partition coefficient (Wildman–Crippen LogP) is 3.33. The van der Waals surface area contributed by atoms with Crippen LogP contribution in [0.2, 0.25) is 5.02 Å². The van der Waals surface area contributed by atoms with Crippen LogP contribution in [0.1, 0.15) is 35.5 Å². The number of ether oxygens (including phenoxy) is 1. The average molecular weight is 322 g/mol. The van der Waals surface area contributed by atoms with Crippen LogP contribution < -0.4 is 10.1 Å². The third-order valence-corrected chi connectivity index (χ3v) is 3.66. The Morgan fingerprint density at radius 1 is 1.36 bits per heavy atom. The second-order valence-electron chi connectivity index (χ2n) is 5.51. The molecule has 1 amide bonds. The van der Waals surface area contributed by atoms with Gasteiger partial charge in [0.2, 0.25) is 0 Å². The number of carbonyl (C=O) groups is 1. The van der Waals surface area contributed by atoms with Gasteiger partial charge in [-0.15, -0.1) is 0 Å². The smallest absolute Gasteiger partial charge is 0.271 e. The third-order valence-electron chi connectivity index (χ3n) is 3.07. The van der Waals surface area contributed by atoms with Crippen molar-refractivity contribution in [3.8, 4) is 5.75 Å². The minimum atomic E-state index is -0.188. The molecule has 1 aromatic heterocycles. The van der Waals surface area contributed by atoms with E-state index in [1.807, 2.05) is 39.8 Å². The van der Waals surface area contributed by atoms with E-state index >= 15 is 0 Å². The molecule has 6 heteroatoms. The zero-order chi connectivity index (χ0) is 16.3. The van der Waals surface area contributed by atoms with E-state index in [-0.39, 0.29) is 18.7 Å². The number of rotatable bonds is 5. The van der Waals surface area contributed by atoms with E-state index < -0.39 is 0 Å². The number of aryl methyl sites for hydroxylation is 2. The van der Waals surface area contributed by atoms with Crippen molar-refractivity contribution in [3.05, 3.63) is 46.2 Å². The molecule has 0 saturated heterocycles. The Kier molecular flexibility index (Phi) is 5.08. The molecule has 2 rings (SSSR count). The summed E-state index contributed by atoms with van der Waals surface area (Å²) in [7, 11) is 0. The van der Waals surface area contributed by atoms with Crippen LogP contribution in [-0.4, -0.2) is 21.7 Å². The molecule has 0 fully saturated rings. The van der Waals surface area contributed by atoms with Crippen molar-refractivity contribution in [2.75, 3.05) is 0 Å². The maximum absolute atomic E-state index is 11.8. The highest BCUT2D eigenvalue weighted by molar-refractivity contribution is 6.32. The first kappa shape index (κ1) is 16.4. The van der Waals surface area contributed by atoms with Gasteiger partial charge in [-0.25, -0.2) is 4.68 Å². The Morgan fingerprint density at radius 3 is 2.59 bits per heavy atom. The maximum Gasteiger partial charge on any atom is 0.271 e. The summed E-state index contributed by atoms with van der Waals surface area (Å²) >= 11 is 6.13. The second kappa shape index (κ2) is 6.83. The number of nitrogens with zero attached hydrogens (tertiary/aromatic N) is 2. The SMILES string of the molecule is Cc1cc(OCn2ccc(C(=O)NC(C)C)n2)cc(C)c1Cl. The van der Waals surface area contributed by atoms with Gasteiger partial charge in [-0.05, 0) is 57.0 Å². The molecule has 1 heterocycles.